The lowest BCUT2D eigenvalue weighted by Gasteiger charge is -2.29. The van der Waals surface area contributed by atoms with Gasteiger partial charge in [-0.1, -0.05) is 36.4 Å². The van der Waals surface area contributed by atoms with Crippen LogP contribution in [0.25, 0.3) is 5.76 Å². The first-order valence-corrected chi connectivity index (χ1v) is 14.5. The number of aryl methyl sites for hydroxylation is 1. The molecule has 0 bridgehead atoms. The van der Waals surface area contributed by atoms with E-state index < -0.39 is 17.7 Å². The highest BCUT2D eigenvalue weighted by Crippen LogP contribution is 2.40. The van der Waals surface area contributed by atoms with E-state index in [1.165, 1.54) is 0 Å². The number of carbonyl (C=O) groups is 2. The van der Waals surface area contributed by atoms with Gasteiger partial charge < -0.3 is 24.2 Å². The van der Waals surface area contributed by atoms with E-state index in [0.29, 0.717) is 56.5 Å². The van der Waals surface area contributed by atoms with E-state index in [0.717, 1.165) is 36.3 Å². The maximum absolute atomic E-state index is 13.4. The highest BCUT2D eigenvalue weighted by molar-refractivity contribution is 6.46. The predicted octanol–water partition coefficient (Wildman–Crippen LogP) is 5.12. The van der Waals surface area contributed by atoms with Crippen molar-refractivity contribution >= 4 is 17.4 Å². The summed E-state index contributed by atoms with van der Waals surface area (Å²) in [6.45, 7) is 9.20. The highest BCUT2D eigenvalue weighted by Gasteiger charge is 2.45. The van der Waals surface area contributed by atoms with Gasteiger partial charge in [-0.25, -0.2) is 0 Å². The molecular weight excluding hydrogens is 532 g/mol. The second-order valence-corrected chi connectivity index (χ2v) is 10.5. The van der Waals surface area contributed by atoms with Crippen LogP contribution in [-0.2, 0) is 20.9 Å². The molecule has 0 aliphatic carbocycles. The number of rotatable bonds is 11. The van der Waals surface area contributed by atoms with Gasteiger partial charge in [0.25, 0.3) is 11.7 Å². The molecule has 0 saturated carbocycles. The first kappa shape index (κ1) is 29.4. The molecule has 1 unspecified atom stereocenters. The number of carbonyl (C=O) groups excluding carboxylic acids is 2. The molecule has 2 heterocycles. The van der Waals surface area contributed by atoms with Crippen LogP contribution in [0.2, 0.25) is 0 Å². The third-order valence-electron chi connectivity index (χ3n) is 7.81. The summed E-state index contributed by atoms with van der Waals surface area (Å²) in [6, 6.07) is 21.6. The number of benzene rings is 3. The molecule has 0 aromatic heterocycles. The Morgan fingerprint density at radius 1 is 0.905 bits per heavy atom. The van der Waals surface area contributed by atoms with Crippen molar-refractivity contribution in [3.63, 3.8) is 0 Å². The number of ether oxygens (including phenoxy) is 3. The van der Waals surface area contributed by atoms with Crippen LogP contribution in [0, 0.1) is 6.92 Å². The summed E-state index contributed by atoms with van der Waals surface area (Å²) in [5, 5.41) is 11.5. The Morgan fingerprint density at radius 2 is 1.57 bits per heavy atom. The normalized spacial score (nSPS) is 18.8. The van der Waals surface area contributed by atoms with E-state index in [1.807, 2.05) is 62.4 Å². The Hall–Kier alpha value is -4.14. The SMILES string of the molecule is CCOc1ccc(C2C(=C(O)c3ccc(OCc4ccccc4C)cc3)C(=O)C(=O)N2CCCN2CCOCC2)cc1. The molecule has 0 radical (unpaired) electrons. The van der Waals surface area contributed by atoms with E-state index in [-0.39, 0.29) is 11.3 Å². The van der Waals surface area contributed by atoms with Crippen LogP contribution in [-0.4, -0.2) is 72.6 Å². The molecule has 2 aliphatic rings. The fourth-order valence-corrected chi connectivity index (χ4v) is 5.46. The largest absolute Gasteiger partial charge is 0.507 e. The van der Waals surface area contributed by atoms with Gasteiger partial charge in [0, 0.05) is 31.7 Å². The molecule has 3 aromatic rings. The van der Waals surface area contributed by atoms with Crippen molar-refractivity contribution in [2.75, 3.05) is 46.0 Å². The predicted molar refractivity (Wildman–Crippen MR) is 160 cm³/mol. The molecule has 220 valence electrons. The molecule has 2 fully saturated rings. The molecule has 3 aromatic carbocycles. The average Bonchev–Trinajstić information content (AvgIpc) is 3.27. The van der Waals surface area contributed by atoms with Crippen molar-refractivity contribution in [3.05, 3.63) is 101 Å². The van der Waals surface area contributed by atoms with Crippen molar-refractivity contribution in [2.24, 2.45) is 0 Å². The maximum Gasteiger partial charge on any atom is 0.295 e. The van der Waals surface area contributed by atoms with E-state index in [4.69, 9.17) is 14.2 Å². The number of morpholine rings is 1. The third kappa shape index (κ3) is 6.66. The Bertz CT molecular complexity index is 1410. The number of ketones is 1. The fraction of sp³-hybridized carbons (Fsp3) is 0.353. The van der Waals surface area contributed by atoms with E-state index in [2.05, 4.69) is 4.90 Å². The molecule has 2 saturated heterocycles. The second-order valence-electron chi connectivity index (χ2n) is 10.5. The Morgan fingerprint density at radius 3 is 2.26 bits per heavy atom. The minimum atomic E-state index is -0.706. The number of hydrogen-bond donors (Lipinski definition) is 1. The maximum atomic E-state index is 13.4. The van der Waals surface area contributed by atoms with Gasteiger partial charge in [-0.15, -0.1) is 0 Å². The molecule has 1 N–H and O–H groups in total. The van der Waals surface area contributed by atoms with Gasteiger partial charge >= 0.3 is 0 Å². The van der Waals surface area contributed by atoms with Crippen LogP contribution < -0.4 is 9.47 Å². The smallest absolute Gasteiger partial charge is 0.295 e. The number of Topliss-reactive ketones (excluding diaryl/α,β-unsaturated/α-hetero) is 1. The topological polar surface area (TPSA) is 88.5 Å². The van der Waals surface area contributed by atoms with Crippen LogP contribution in [0.1, 0.15) is 41.6 Å². The van der Waals surface area contributed by atoms with Crippen molar-refractivity contribution < 1.29 is 28.9 Å². The summed E-state index contributed by atoms with van der Waals surface area (Å²) in [6.07, 6.45) is 0.702. The minimum absolute atomic E-state index is 0.0871. The Labute approximate surface area is 247 Å². The van der Waals surface area contributed by atoms with E-state index in [9.17, 15) is 14.7 Å². The van der Waals surface area contributed by atoms with Crippen molar-refractivity contribution in [1.29, 1.82) is 0 Å². The van der Waals surface area contributed by atoms with E-state index in [1.54, 1.807) is 29.2 Å². The molecule has 8 nitrogen and oxygen atoms in total. The van der Waals surface area contributed by atoms with Gasteiger partial charge in [-0.2, -0.15) is 0 Å². The summed E-state index contributed by atoms with van der Waals surface area (Å²) < 4.78 is 17.0. The Kier molecular flexibility index (Phi) is 9.56. The summed E-state index contributed by atoms with van der Waals surface area (Å²) in [7, 11) is 0. The van der Waals surface area contributed by atoms with Crippen molar-refractivity contribution in [2.45, 2.75) is 32.9 Å². The molecule has 1 amide bonds. The van der Waals surface area contributed by atoms with Crippen LogP contribution in [0.3, 0.4) is 0 Å². The lowest BCUT2D eigenvalue weighted by Crippen LogP contribution is -2.38. The van der Waals surface area contributed by atoms with Crippen molar-refractivity contribution in [1.82, 2.24) is 9.80 Å². The van der Waals surface area contributed by atoms with Gasteiger partial charge in [0.15, 0.2) is 0 Å². The number of amides is 1. The van der Waals surface area contributed by atoms with Gasteiger partial charge in [-0.05, 0) is 73.4 Å². The van der Waals surface area contributed by atoms with Crippen LogP contribution >= 0.6 is 0 Å². The van der Waals surface area contributed by atoms with Gasteiger partial charge in [0.2, 0.25) is 0 Å². The zero-order valence-corrected chi connectivity index (χ0v) is 24.3. The van der Waals surface area contributed by atoms with Crippen LogP contribution in [0.5, 0.6) is 11.5 Å². The third-order valence-corrected chi connectivity index (χ3v) is 7.81. The lowest BCUT2D eigenvalue weighted by atomic mass is 9.95. The van der Waals surface area contributed by atoms with Crippen molar-refractivity contribution in [3.8, 4) is 11.5 Å². The average molecular weight is 571 g/mol. The standard InChI is InChI=1S/C34H38N2O6/c1-3-41-28-13-9-25(10-14-28)31-30(33(38)34(39)36(31)18-6-17-35-19-21-40-22-20-35)32(37)26-11-15-29(16-12-26)42-23-27-8-5-4-7-24(27)2/h4-5,7-16,31,37H,3,6,17-23H2,1-2H3. The van der Waals surface area contributed by atoms with Gasteiger partial charge in [0.05, 0.1) is 31.4 Å². The zero-order valence-electron chi connectivity index (χ0n) is 24.3. The Balaban J connectivity index is 1.39. The number of nitrogens with zero attached hydrogens (tertiary/aromatic N) is 2. The first-order valence-electron chi connectivity index (χ1n) is 14.5. The number of aliphatic hydroxyl groups excluding tert-OH is 1. The quantitative estimate of drug-likeness (QED) is 0.195. The molecule has 0 spiro atoms. The molecular formula is C34H38N2O6. The number of aliphatic hydroxyl groups is 1. The van der Waals surface area contributed by atoms with Gasteiger partial charge in [0.1, 0.15) is 23.9 Å². The fourth-order valence-electron chi connectivity index (χ4n) is 5.46. The summed E-state index contributed by atoms with van der Waals surface area (Å²) >= 11 is 0. The van der Waals surface area contributed by atoms with Gasteiger partial charge in [-0.3, -0.25) is 14.5 Å². The number of likely N-dealkylation sites (tertiary alicyclic amines) is 1. The molecule has 1 atom stereocenters. The summed E-state index contributed by atoms with van der Waals surface area (Å²) in [4.78, 5) is 30.6. The molecule has 42 heavy (non-hydrogen) atoms. The van der Waals surface area contributed by atoms with Crippen LogP contribution in [0.15, 0.2) is 78.4 Å². The zero-order chi connectivity index (χ0) is 29.5. The first-order chi connectivity index (χ1) is 20.5. The molecule has 2 aliphatic heterocycles. The number of hydrogen-bond acceptors (Lipinski definition) is 7. The summed E-state index contributed by atoms with van der Waals surface area (Å²) in [5.74, 6) is -0.144. The molecule has 8 heteroatoms. The van der Waals surface area contributed by atoms with Crippen LogP contribution in [0.4, 0.5) is 0 Å². The highest BCUT2D eigenvalue weighted by atomic mass is 16.5. The monoisotopic (exact) mass is 570 g/mol. The molecule has 5 rings (SSSR count). The summed E-state index contributed by atoms with van der Waals surface area (Å²) in [5.41, 5.74) is 3.51. The van der Waals surface area contributed by atoms with E-state index >= 15 is 0 Å². The second kappa shape index (κ2) is 13.7. The minimum Gasteiger partial charge on any atom is -0.507 e. The lowest BCUT2D eigenvalue weighted by molar-refractivity contribution is -0.140.